The molecule has 0 aromatic heterocycles. The summed E-state index contributed by atoms with van der Waals surface area (Å²) >= 11 is 0. The smallest absolute Gasteiger partial charge is 0 e. The minimum atomic E-state index is 0. The molecule has 0 nitrogen and oxygen atoms in total. The quantitative estimate of drug-likeness (QED) is 0.265. The van der Waals surface area contributed by atoms with E-state index in [1.807, 2.05) is 0 Å². The van der Waals surface area contributed by atoms with E-state index in [0.717, 1.165) is 6.42 Å². The first kappa shape index (κ1) is 25.6. The van der Waals surface area contributed by atoms with Crippen molar-refractivity contribution in [1.29, 1.82) is 0 Å². The molecule has 4 aliphatic carbocycles. The van der Waals surface area contributed by atoms with E-state index in [9.17, 15) is 0 Å². The van der Waals surface area contributed by atoms with E-state index in [1.54, 1.807) is 77.0 Å². The summed E-state index contributed by atoms with van der Waals surface area (Å²) in [5.74, 6) is 0. The molecule has 3 saturated carbocycles. The van der Waals surface area contributed by atoms with Crippen LogP contribution in [0.2, 0.25) is 0 Å². The Bertz CT molecular complexity index is 837. The Hall–Kier alpha value is -0.507. The summed E-state index contributed by atoms with van der Waals surface area (Å²) in [5, 5.41) is 2.80. The van der Waals surface area contributed by atoms with Gasteiger partial charge in [-0.15, -0.1) is 0 Å². The van der Waals surface area contributed by atoms with Crippen molar-refractivity contribution in [2.75, 3.05) is 0 Å². The molecular weight excluding hydrogens is 504 g/mol. The van der Waals surface area contributed by atoms with E-state index in [0.29, 0.717) is 7.92 Å². The molecule has 0 heterocycles. The summed E-state index contributed by atoms with van der Waals surface area (Å²) in [6.07, 6.45) is 29.1. The topological polar surface area (TPSA) is 0 Å². The van der Waals surface area contributed by atoms with Crippen molar-refractivity contribution in [3.8, 4) is 0 Å². The number of hydrogen-bond donors (Lipinski definition) is 0. The van der Waals surface area contributed by atoms with Crippen molar-refractivity contribution in [3.63, 3.8) is 0 Å². The first-order valence-corrected chi connectivity index (χ1v) is 15.4. The molecule has 0 radical (unpaired) electrons. The van der Waals surface area contributed by atoms with Crippen molar-refractivity contribution in [2.45, 2.75) is 120 Å². The van der Waals surface area contributed by atoms with Crippen LogP contribution in [0.3, 0.4) is 0 Å². The van der Waals surface area contributed by atoms with Crippen LogP contribution in [0, 0.1) is 0 Å². The molecule has 0 saturated heterocycles. The molecule has 33 heavy (non-hydrogen) atoms. The zero-order valence-electron chi connectivity index (χ0n) is 20.5. The van der Waals surface area contributed by atoms with Gasteiger partial charge >= 0.3 is 0 Å². The minimum absolute atomic E-state index is 0. The van der Waals surface area contributed by atoms with Crippen LogP contribution in [0.1, 0.15) is 107 Å². The number of rotatable bonds is 3. The Morgan fingerprint density at radius 2 is 1.06 bits per heavy atom. The Labute approximate surface area is 216 Å². The largest absolute Gasteiger partial charge is 0.0971 e. The fourth-order valence-electron chi connectivity index (χ4n) is 7.10. The van der Waals surface area contributed by atoms with Crippen molar-refractivity contribution >= 4 is 24.8 Å². The third kappa shape index (κ3) is 6.39. The SMILES string of the molecule is C1=Cc2cccc3cccc(c23)C1.C1CCC(P(C2CCCCC2)C2CCCCC2)CC1.[Ru]. The van der Waals surface area contributed by atoms with Gasteiger partial charge in [-0.2, -0.15) is 0 Å². The Morgan fingerprint density at radius 3 is 1.58 bits per heavy atom. The van der Waals surface area contributed by atoms with Gasteiger partial charge in [0, 0.05) is 19.5 Å². The summed E-state index contributed by atoms with van der Waals surface area (Å²) in [6.45, 7) is 0. The van der Waals surface area contributed by atoms with Crippen molar-refractivity contribution in [3.05, 3.63) is 53.6 Å². The number of hydrogen-bond acceptors (Lipinski definition) is 0. The molecule has 0 bridgehead atoms. The van der Waals surface area contributed by atoms with E-state index in [2.05, 4.69) is 48.6 Å². The maximum absolute atomic E-state index is 2.23. The molecule has 0 amide bonds. The standard InChI is InChI=1S/C18H33P.C13H10.Ru/c1-4-10-16(11-5-1)19(17-12-6-2-7-13-17)18-14-8-3-9-15-18;1-4-10-6-2-8-12-9-3-7-11(5-1)13(10)12;/h16-18H,1-15H2;1-8H,9H2;. The van der Waals surface area contributed by atoms with Gasteiger partial charge in [-0.05, 0) is 83.8 Å². The van der Waals surface area contributed by atoms with Gasteiger partial charge in [-0.1, -0.05) is 114 Å². The fourth-order valence-corrected chi connectivity index (χ4v) is 11.8. The molecule has 180 valence electrons. The van der Waals surface area contributed by atoms with Crippen molar-refractivity contribution in [1.82, 2.24) is 0 Å². The van der Waals surface area contributed by atoms with Crippen molar-refractivity contribution < 1.29 is 19.5 Å². The second-order valence-corrected chi connectivity index (χ2v) is 13.9. The van der Waals surface area contributed by atoms with E-state index in [-0.39, 0.29) is 19.5 Å². The second-order valence-electron chi connectivity index (χ2n) is 10.8. The molecule has 0 spiro atoms. The molecule has 6 rings (SSSR count). The van der Waals surface area contributed by atoms with Gasteiger partial charge < -0.3 is 0 Å². The first-order valence-electron chi connectivity index (χ1n) is 13.8. The van der Waals surface area contributed by atoms with Gasteiger partial charge in [-0.25, -0.2) is 0 Å². The zero-order chi connectivity index (χ0) is 21.6. The average Bonchev–Trinajstić information content (AvgIpc) is 2.87. The van der Waals surface area contributed by atoms with Crippen molar-refractivity contribution in [2.24, 2.45) is 0 Å². The molecule has 2 aromatic carbocycles. The molecule has 2 aromatic rings. The summed E-state index contributed by atoms with van der Waals surface area (Å²) < 4.78 is 0. The molecule has 3 fully saturated rings. The van der Waals surface area contributed by atoms with E-state index in [1.165, 1.54) is 58.1 Å². The summed E-state index contributed by atoms with van der Waals surface area (Å²) in [6, 6.07) is 13.0. The van der Waals surface area contributed by atoms with Crippen LogP contribution in [-0.4, -0.2) is 17.0 Å². The van der Waals surface area contributed by atoms with E-state index in [4.69, 9.17) is 0 Å². The Kier molecular flexibility index (Phi) is 10.1. The fraction of sp³-hybridized carbons (Fsp3) is 0.613. The van der Waals surface area contributed by atoms with Gasteiger partial charge in [0.05, 0.1) is 0 Å². The van der Waals surface area contributed by atoms with Crippen LogP contribution >= 0.6 is 7.92 Å². The molecule has 4 aliphatic rings. The van der Waals surface area contributed by atoms with Gasteiger partial charge in [0.15, 0.2) is 0 Å². The number of allylic oxidation sites excluding steroid dienone is 1. The summed E-state index contributed by atoms with van der Waals surface area (Å²) in [7, 11) is 0.385. The first-order chi connectivity index (χ1) is 15.9. The minimum Gasteiger partial charge on any atom is -0.0971 e. The predicted octanol–water partition coefficient (Wildman–Crippen LogP) is 9.87. The van der Waals surface area contributed by atoms with Crippen LogP contribution in [0.15, 0.2) is 42.5 Å². The van der Waals surface area contributed by atoms with E-state index >= 15 is 0 Å². The molecule has 0 N–H and O–H groups in total. The van der Waals surface area contributed by atoms with Crippen LogP contribution < -0.4 is 0 Å². The summed E-state index contributed by atoms with van der Waals surface area (Å²) in [4.78, 5) is 0. The third-order valence-electron chi connectivity index (χ3n) is 8.65. The van der Waals surface area contributed by atoms with Gasteiger partial charge in [0.1, 0.15) is 0 Å². The Balaban J connectivity index is 0.000000162. The van der Waals surface area contributed by atoms with Gasteiger partial charge in [-0.3, -0.25) is 0 Å². The monoisotopic (exact) mass is 548 g/mol. The van der Waals surface area contributed by atoms with Gasteiger partial charge in [0.25, 0.3) is 0 Å². The predicted molar refractivity (Wildman–Crippen MR) is 144 cm³/mol. The molecular formula is C31H43PRu. The van der Waals surface area contributed by atoms with Crippen LogP contribution in [-0.2, 0) is 25.9 Å². The maximum Gasteiger partial charge on any atom is 0 e. The normalized spacial score (nSPS) is 22.0. The number of benzene rings is 2. The molecule has 0 unspecified atom stereocenters. The summed E-state index contributed by atoms with van der Waals surface area (Å²) in [5.41, 5.74) is 6.38. The third-order valence-corrected chi connectivity index (χ3v) is 12.7. The zero-order valence-corrected chi connectivity index (χ0v) is 23.1. The van der Waals surface area contributed by atoms with E-state index < -0.39 is 0 Å². The Morgan fingerprint density at radius 1 is 0.576 bits per heavy atom. The van der Waals surface area contributed by atoms with Crippen LogP contribution in [0.4, 0.5) is 0 Å². The van der Waals surface area contributed by atoms with Crippen LogP contribution in [0.5, 0.6) is 0 Å². The van der Waals surface area contributed by atoms with Crippen LogP contribution in [0.25, 0.3) is 16.8 Å². The van der Waals surface area contributed by atoms with Gasteiger partial charge in [0.2, 0.25) is 0 Å². The second kappa shape index (κ2) is 13.0. The molecule has 2 heteroatoms. The molecule has 0 aliphatic heterocycles. The maximum atomic E-state index is 2.23. The molecule has 0 atom stereocenters. The average molecular weight is 548 g/mol.